The van der Waals surface area contributed by atoms with Crippen LogP contribution in [-0.2, 0) is 10.0 Å². The van der Waals surface area contributed by atoms with Crippen molar-refractivity contribution in [2.45, 2.75) is 4.90 Å². The van der Waals surface area contributed by atoms with E-state index < -0.39 is 15.8 Å². The van der Waals surface area contributed by atoms with Gasteiger partial charge in [-0.15, -0.1) is 0 Å². The minimum absolute atomic E-state index is 0.00334. The smallest absolute Gasteiger partial charge is 0.261 e. The van der Waals surface area contributed by atoms with Crippen LogP contribution in [0.1, 0.15) is 0 Å². The van der Waals surface area contributed by atoms with E-state index in [2.05, 4.69) is 4.72 Å². The van der Waals surface area contributed by atoms with Gasteiger partial charge in [0.1, 0.15) is 5.82 Å². The fraction of sp³-hybridized carbons (Fsp3) is 0. The van der Waals surface area contributed by atoms with Crippen LogP contribution in [0.2, 0.25) is 25.1 Å². The molecule has 0 aliphatic rings. The van der Waals surface area contributed by atoms with Crippen molar-refractivity contribution in [3.63, 3.8) is 0 Å². The quantitative estimate of drug-likeness (QED) is 0.379. The fourth-order valence-corrected chi connectivity index (χ4v) is 4.77. The summed E-state index contributed by atoms with van der Waals surface area (Å²) in [5.41, 5.74) is 0.0741. The maximum Gasteiger partial charge on any atom is 0.261 e. The van der Waals surface area contributed by atoms with Crippen molar-refractivity contribution >= 4 is 73.7 Å². The van der Waals surface area contributed by atoms with Crippen LogP contribution in [-0.4, -0.2) is 8.42 Å². The van der Waals surface area contributed by atoms with Gasteiger partial charge in [0.2, 0.25) is 0 Å². The largest absolute Gasteiger partial charge is 0.451 e. The van der Waals surface area contributed by atoms with Crippen LogP contribution in [0, 0.1) is 5.82 Å². The molecule has 29 heavy (non-hydrogen) atoms. The molecule has 0 saturated carbocycles. The molecule has 0 bridgehead atoms. The first-order valence-electron chi connectivity index (χ1n) is 7.66. The molecule has 0 amide bonds. The normalized spacial score (nSPS) is 11.4. The predicted molar refractivity (Wildman–Crippen MR) is 115 cm³/mol. The maximum absolute atomic E-state index is 13.0. The van der Waals surface area contributed by atoms with Crippen LogP contribution >= 0.6 is 58.0 Å². The highest BCUT2D eigenvalue weighted by Crippen LogP contribution is 2.44. The third-order valence-corrected chi connectivity index (χ3v) is 6.28. The summed E-state index contributed by atoms with van der Waals surface area (Å²) in [6.07, 6.45) is 0. The fourth-order valence-electron chi connectivity index (χ4n) is 2.27. The molecule has 0 spiro atoms. The van der Waals surface area contributed by atoms with E-state index in [1.165, 1.54) is 24.3 Å². The van der Waals surface area contributed by atoms with Crippen LogP contribution in [0.4, 0.5) is 10.1 Å². The minimum Gasteiger partial charge on any atom is -0.451 e. The molecular weight excluding hydrogens is 507 g/mol. The van der Waals surface area contributed by atoms with Crippen LogP contribution in [0.5, 0.6) is 11.5 Å². The first kappa shape index (κ1) is 22.3. The first-order valence-corrected chi connectivity index (χ1v) is 11.0. The summed E-state index contributed by atoms with van der Waals surface area (Å²) in [6.45, 7) is 0. The van der Waals surface area contributed by atoms with E-state index in [0.29, 0.717) is 5.02 Å². The monoisotopic (exact) mass is 513 g/mol. The highest BCUT2D eigenvalue weighted by atomic mass is 35.5. The Hall–Kier alpha value is -1.41. The van der Waals surface area contributed by atoms with Crippen LogP contribution in [0.25, 0.3) is 0 Å². The average Bonchev–Trinajstić information content (AvgIpc) is 2.59. The van der Waals surface area contributed by atoms with Crippen molar-refractivity contribution in [2.75, 3.05) is 4.72 Å². The van der Waals surface area contributed by atoms with Gasteiger partial charge >= 0.3 is 0 Å². The van der Waals surface area contributed by atoms with Gasteiger partial charge in [0.25, 0.3) is 10.0 Å². The molecule has 152 valence electrons. The first-order chi connectivity index (χ1) is 13.6. The Morgan fingerprint density at radius 3 is 1.69 bits per heavy atom. The van der Waals surface area contributed by atoms with Gasteiger partial charge in [0.15, 0.2) is 11.5 Å². The number of benzene rings is 3. The molecule has 1 N–H and O–H groups in total. The van der Waals surface area contributed by atoms with Gasteiger partial charge in [-0.25, -0.2) is 12.8 Å². The van der Waals surface area contributed by atoms with Gasteiger partial charge in [-0.2, -0.15) is 0 Å². The number of hydrogen-bond acceptors (Lipinski definition) is 3. The Morgan fingerprint density at radius 1 is 0.759 bits per heavy atom. The lowest BCUT2D eigenvalue weighted by Crippen LogP contribution is -2.13. The predicted octanol–water partition coefficient (Wildman–Crippen LogP) is 7.69. The third kappa shape index (κ3) is 5.20. The molecule has 3 aromatic rings. The molecule has 0 saturated heterocycles. The Bertz CT molecular complexity index is 1140. The summed E-state index contributed by atoms with van der Waals surface area (Å²) in [7, 11) is -3.99. The summed E-state index contributed by atoms with van der Waals surface area (Å²) in [5.74, 6) is -0.457. The summed E-state index contributed by atoms with van der Waals surface area (Å²) in [6, 6.07) is 9.76. The summed E-state index contributed by atoms with van der Waals surface area (Å²) < 4.78 is 45.8. The molecule has 0 aliphatic heterocycles. The van der Waals surface area contributed by atoms with Gasteiger partial charge in [-0.1, -0.05) is 58.0 Å². The van der Waals surface area contributed by atoms with Gasteiger partial charge in [-0.05, 0) is 48.5 Å². The second kappa shape index (κ2) is 8.76. The Labute approximate surface area is 191 Å². The van der Waals surface area contributed by atoms with Crippen molar-refractivity contribution in [2.24, 2.45) is 0 Å². The van der Waals surface area contributed by atoms with Crippen molar-refractivity contribution in [1.82, 2.24) is 0 Å². The molecule has 11 heteroatoms. The van der Waals surface area contributed by atoms with Gasteiger partial charge in [-0.3, -0.25) is 4.72 Å². The van der Waals surface area contributed by atoms with E-state index in [1.54, 1.807) is 0 Å². The van der Waals surface area contributed by atoms with Gasteiger partial charge in [0.05, 0.1) is 30.7 Å². The summed E-state index contributed by atoms with van der Waals surface area (Å²) >= 11 is 30.5. The number of rotatable bonds is 5. The zero-order valence-corrected chi connectivity index (χ0v) is 18.6. The topological polar surface area (TPSA) is 55.4 Å². The SMILES string of the molecule is O=S(=O)(Nc1cc(Cl)c(Oc2c(Cl)cc(Cl)cc2Cl)c(Cl)c1)c1ccc(F)cc1. The number of anilines is 1. The Morgan fingerprint density at radius 2 is 1.21 bits per heavy atom. The van der Waals surface area contributed by atoms with Crippen molar-refractivity contribution in [1.29, 1.82) is 0 Å². The van der Waals surface area contributed by atoms with Gasteiger partial charge < -0.3 is 4.74 Å². The van der Waals surface area contributed by atoms with E-state index in [4.69, 9.17) is 62.7 Å². The Kier molecular flexibility index (Phi) is 6.73. The van der Waals surface area contributed by atoms with Gasteiger partial charge in [0, 0.05) is 5.02 Å². The van der Waals surface area contributed by atoms with Crippen molar-refractivity contribution in [3.05, 3.63) is 79.5 Å². The molecule has 0 fully saturated rings. The molecule has 0 unspecified atom stereocenters. The lowest BCUT2D eigenvalue weighted by Gasteiger charge is -2.15. The second-order valence-corrected chi connectivity index (χ2v) is 9.38. The molecule has 4 nitrogen and oxygen atoms in total. The molecule has 0 radical (unpaired) electrons. The Balaban J connectivity index is 1.91. The average molecular weight is 516 g/mol. The zero-order chi connectivity index (χ0) is 21.3. The third-order valence-electron chi connectivity index (χ3n) is 3.54. The van der Waals surface area contributed by atoms with E-state index in [9.17, 15) is 12.8 Å². The van der Waals surface area contributed by atoms with E-state index >= 15 is 0 Å². The number of halogens is 6. The lowest BCUT2D eigenvalue weighted by atomic mass is 10.3. The second-order valence-electron chi connectivity index (χ2n) is 5.63. The van der Waals surface area contributed by atoms with Crippen molar-refractivity contribution in [3.8, 4) is 11.5 Å². The summed E-state index contributed by atoms with van der Waals surface area (Å²) in [5, 5.41) is 0.578. The molecule has 0 atom stereocenters. The van der Waals surface area contributed by atoms with Crippen LogP contribution in [0.3, 0.4) is 0 Å². The molecule has 3 aromatic carbocycles. The lowest BCUT2D eigenvalue weighted by molar-refractivity contribution is 0.484. The number of ether oxygens (including phenoxy) is 1. The number of nitrogens with one attached hydrogen (secondary N) is 1. The summed E-state index contributed by atoms with van der Waals surface area (Å²) in [4.78, 5) is -0.133. The zero-order valence-electron chi connectivity index (χ0n) is 14.0. The molecule has 0 aliphatic carbocycles. The van der Waals surface area contributed by atoms with E-state index in [1.807, 2.05) is 0 Å². The maximum atomic E-state index is 13.0. The standard InChI is InChI=1S/C18H9Cl5FNO3S/c19-9-5-13(20)17(14(21)6-9)28-18-15(22)7-11(8-16(18)23)25-29(26,27)12-3-1-10(24)2-4-12/h1-8,25H. The highest BCUT2D eigenvalue weighted by molar-refractivity contribution is 7.92. The molecule has 3 rings (SSSR count). The van der Waals surface area contributed by atoms with Crippen LogP contribution in [0.15, 0.2) is 53.4 Å². The molecule has 0 heterocycles. The highest BCUT2D eigenvalue weighted by Gasteiger charge is 2.19. The molecule has 0 aromatic heterocycles. The van der Waals surface area contributed by atoms with Crippen molar-refractivity contribution < 1.29 is 17.5 Å². The number of hydrogen-bond donors (Lipinski definition) is 1. The van der Waals surface area contributed by atoms with Crippen LogP contribution < -0.4 is 9.46 Å². The molecular formula is C18H9Cl5FNO3S. The van der Waals surface area contributed by atoms with E-state index in [-0.39, 0.29) is 42.2 Å². The number of sulfonamides is 1. The minimum atomic E-state index is -3.99. The van der Waals surface area contributed by atoms with E-state index in [0.717, 1.165) is 24.3 Å².